The van der Waals surface area contributed by atoms with Crippen molar-refractivity contribution in [3.63, 3.8) is 0 Å². The van der Waals surface area contributed by atoms with E-state index in [1.165, 1.54) is 25.2 Å². The van der Waals surface area contributed by atoms with Crippen molar-refractivity contribution in [2.45, 2.75) is 0 Å². The monoisotopic (exact) mass is 304 g/mol. The van der Waals surface area contributed by atoms with Crippen LogP contribution in [0.25, 0.3) is 0 Å². The fourth-order valence-corrected chi connectivity index (χ4v) is 1.02. The van der Waals surface area contributed by atoms with Gasteiger partial charge in [0, 0.05) is 12.7 Å². The molecule has 1 aromatic carbocycles. The third-order valence-corrected chi connectivity index (χ3v) is 1.78. The minimum absolute atomic E-state index is 0. The summed E-state index contributed by atoms with van der Waals surface area (Å²) in [6.45, 7) is -0.0142. The van der Waals surface area contributed by atoms with Gasteiger partial charge in [-0.05, 0) is 18.2 Å². The van der Waals surface area contributed by atoms with Gasteiger partial charge in [-0.2, -0.15) is 0 Å². The fourth-order valence-electron chi connectivity index (χ4n) is 1.02. The van der Waals surface area contributed by atoms with Crippen molar-refractivity contribution in [1.29, 1.82) is 0 Å². The number of carbonyl (C=O) groups excluding carboxylic acids is 1. The first kappa shape index (κ1) is 15.4. The number of anilines is 1. The Morgan fingerprint density at radius 1 is 1.53 bits per heavy atom. The zero-order valence-electron chi connectivity index (χ0n) is 9.24. The summed E-state index contributed by atoms with van der Waals surface area (Å²) < 4.78 is 12.8. The molecule has 0 spiro atoms. The third-order valence-electron chi connectivity index (χ3n) is 1.78. The highest BCUT2D eigenvalue weighted by Crippen LogP contribution is 2.08. The van der Waals surface area contributed by atoms with E-state index in [1.807, 2.05) is 0 Å². The lowest BCUT2D eigenvalue weighted by Crippen LogP contribution is -2.37. The molecule has 1 rings (SSSR count). The van der Waals surface area contributed by atoms with Crippen molar-refractivity contribution in [2.75, 3.05) is 18.9 Å². The van der Waals surface area contributed by atoms with Gasteiger partial charge in [-0.25, -0.2) is 4.39 Å². The number of hydrogen-bond acceptors (Lipinski definition) is 2. The number of hydrogen-bond donors (Lipinski definition) is 3. The molecule has 4 N–H and O–H groups in total. The van der Waals surface area contributed by atoms with Crippen LogP contribution in [0.4, 0.5) is 10.1 Å². The number of nitrogens with zero attached hydrogens (tertiary/aromatic N) is 1. The Kier molecular flexibility index (Phi) is 6.88. The van der Waals surface area contributed by atoms with Crippen molar-refractivity contribution in [3.8, 4) is 0 Å². The molecule has 0 aliphatic heterocycles. The minimum Gasteiger partial charge on any atom is -0.370 e. The van der Waals surface area contributed by atoms with Crippen LogP contribution in [0.15, 0.2) is 29.3 Å². The van der Waals surface area contributed by atoms with Gasteiger partial charge in [0.25, 0.3) is 0 Å². The normalized spacial score (nSPS) is 10.4. The summed E-state index contributed by atoms with van der Waals surface area (Å²) in [5.41, 5.74) is 5.74. The lowest BCUT2D eigenvalue weighted by atomic mass is 10.3. The molecule has 7 heteroatoms. The van der Waals surface area contributed by atoms with Gasteiger partial charge in [0.2, 0.25) is 5.91 Å². The molecule has 0 fully saturated rings. The Bertz CT molecular complexity index is 411. The molecule has 0 bridgehead atoms. The average Bonchev–Trinajstić information content (AvgIpc) is 2.26. The Morgan fingerprint density at radius 3 is 2.82 bits per heavy atom. The highest BCUT2D eigenvalue weighted by Gasteiger charge is 2.02. The zero-order chi connectivity index (χ0) is 12.0. The van der Waals surface area contributed by atoms with Crippen LogP contribution >= 0.6 is 17.0 Å². The van der Waals surface area contributed by atoms with E-state index in [9.17, 15) is 9.18 Å². The van der Waals surface area contributed by atoms with Gasteiger partial charge in [0.15, 0.2) is 5.96 Å². The van der Waals surface area contributed by atoms with Gasteiger partial charge in [-0.3, -0.25) is 9.79 Å². The van der Waals surface area contributed by atoms with E-state index in [0.29, 0.717) is 5.69 Å². The second-order valence-electron chi connectivity index (χ2n) is 3.02. The number of aliphatic imine (C=N–C) groups is 1. The SMILES string of the molecule is Br.CN=C(N)NCC(=O)Nc1cccc(F)c1. The van der Waals surface area contributed by atoms with Crippen molar-refractivity contribution in [1.82, 2.24) is 5.32 Å². The molecule has 0 atom stereocenters. The van der Waals surface area contributed by atoms with Crippen LogP contribution in [-0.4, -0.2) is 25.5 Å². The molecule has 0 aliphatic rings. The highest BCUT2D eigenvalue weighted by molar-refractivity contribution is 8.93. The average molecular weight is 305 g/mol. The summed E-state index contributed by atoms with van der Waals surface area (Å²) in [5.74, 6) is -0.549. The van der Waals surface area contributed by atoms with E-state index in [0.717, 1.165) is 0 Å². The predicted octanol–water partition coefficient (Wildman–Crippen LogP) is 0.876. The molecule has 0 aromatic heterocycles. The van der Waals surface area contributed by atoms with Crippen molar-refractivity contribution < 1.29 is 9.18 Å². The largest absolute Gasteiger partial charge is 0.370 e. The van der Waals surface area contributed by atoms with Crippen LogP contribution in [0.5, 0.6) is 0 Å². The van der Waals surface area contributed by atoms with Crippen LogP contribution in [0.1, 0.15) is 0 Å². The van der Waals surface area contributed by atoms with Crippen LogP contribution in [0.3, 0.4) is 0 Å². The van der Waals surface area contributed by atoms with Gasteiger partial charge in [0.05, 0.1) is 6.54 Å². The molecule has 0 saturated heterocycles. The van der Waals surface area contributed by atoms with Crippen molar-refractivity contribution in [2.24, 2.45) is 10.7 Å². The lowest BCUT2D eigenvalue weighted by molar-refractivity contribution is -0.115. The van der Waals surface area contributed by atoms with Crippen LogP contribution in [0.2, 0.25) is 0 Å². The molecule has 1 aromatic rings. The van der Waals surface area contributed by atoms with Gasteiger partial charge >= 0.3 is 0 Å². The number of nitrogens with two attached hydrogens (primary N) is 1. The molecular formula is C10H14BrFN4O. The summed E-state index contributed by atoms with van der Waals surface area (Å²) in [6.07, 6.45) is 0. The molecule has 94 valence electrons. The molecule has 0 radical (unpaired) electrons. The fraction of sp³-hybridized carbons (Fsp3) is 0.200. The first-order valence-electron chi connectivity index (χ1n) is 4.63. The summed E-state index contributed by atoms with van der Waals surface area (Å²) in [4.78, 5) is 15.0. The molecule has 0 heterocycles. The number of carbonyl (C=O) groups is 1. The summed E-state index contributed by atoms with van der Waals surface area (Å²) >= 11 is 0. The Hall–Kier alpha value is -1.63. The second-order valence-corrected chi connectivity index (χ2v) is 3.02. The number of benzene rings is 1. The molecule has 0 unspecified atom stereocenters. The number of nitrogens with one attached hydrogen (secondary N) is 2. The van der Waals surface area contributed by atoms with Gasteiger partial charge in [0.1, 0.15) is 5.82 Å². The number of halogens is 2. The highest BCUT2D eigenvalue weighted by atomic mass is 79.9. The first-order chi connectivity index (χ1) is 7.61. The van der Waals surface area contributed by atoms with Crippen LogP contribution in [0, 0.1) is 5.82 Å². The maximum Gasteiger partial charge on any atom is 0.243 e. The van der Waals surface area contributed by atoms with E-state index < -0.39 is 5.82 Å². The molecular weight excluding hydrogens is 291 g/mol. The summed E-state index contributed by atoms with van der Waals surface area (Å²) in [7, 11) is 1.51. The smallest absolute Gasteiger partial charge is 0.243 e. The van der Waals surface area contributed by atoms with Crippen molar-refractivity contribution in [3.05, 3.63) is 30.1 Å². The Balaban J connectivity index is 0.00000256. The van der Waals surface area contributed by atoms with Crippen molar-refractivity contribution >= 4 is 34.5 Å². The number of amides is 1. The van der Waals surface area contributed by atoms with E-state index in [-0.39, 0.29) is 35.4 Å². The number of guanidine groups is 1. The second kappa shape index (κ2) is 7.61. The van der Waals surface area contributed by atoms with Gasteiger partial charge in [-0.1, -0.05) is 6.07 Å². The molecule has 0 saturated carbocycles. The summed E-state index contributed by atoms with van der Waals surface area (Å²) in [5, 5.41) is 5.10. The van der Waals surface area contributed by atoms with E-state index in [2.05, 4.69) is 15.6 Å². The zero-order valence-corrected chi connectivity index (χ0v) is 10.9. The van der Waals surface area contributed by atoms with E-state index in [4.69, 9.17) is 5.73 Å². The minimum atomic E-state index is -0.402. The predicted molar refractivity (Wildman–Crippen MR) is 70.9 cm³/mol. The van der Waals surface area contributed by atoms with Gasteiger partial charge < -0.3 is 16.4 Å². The maximum atomic E-state index is 12.8. The van der Waals surface area contributed by atoms with E-state index >= 15 is 0 Å². The Morgan fingerprint density at radius 2 is 2.24 bits per heavy atom. The summed E-state index contributed by atoms with van der Waals surface area (Å²) in [6, 6.07) is 5.64. The standard InChI is InChI=1S/C10H13FN4O.BrH/c1-13-10(12)14-6-9(16)15-8-4-2-3-7(11)5-8;/h2-5H,6H2,1H3,(H,15,16)(H3,12,13,14);1H. The van der Waals surface area contributed by atoms with Gasteiger partial charge in [-0.15, -0.1) is 17.0 Å². The quantitative estimate of drug-likeness (QED) is 0.573. The number of rotatable bonds is 3. The first-order valence-corrected chi connectivity index (χ1v) is 4.63. The maximum absolute atomic E-state index is 12.8. The molecule has 0 aliphatic carbocycles. The molecule has 1 amide bonds. The van der Waals surface area contributed by atoms with Crippen LogP contribution in [-0.2, 0) is 4.79 Å². The lowest BCUT2D eigenvalue weighted by Gasteiger charge is -2.06. The molecule has 17 heavy (non-hydrogen) atoms. The topological polar surface area (TPSA) is 79.5 Å². The Labute approximate surface area is 109 Å². The van der Waals surface area contributed by atoms with E-state index in [1.54, 1.807) is 6.07 Å². The third kappa shape index (κ3) is 5.86. The van der Waals surface area contributed by atoms with Crippen LogP contribution < -0.4 is 16.4 Å². The molecule has 5 nitrogen and oxygen atoms in total.